The molecule has 0 fully saturated rings. The van der Waals surface area contributed by atoms with Crippen molar-refractivity contribution in [2.75, 3.05) is 0 Å². The van der Waals surface area contributed by atoms with Crippen LogP contribution >= 0.6 is 11.3 Å². The fourth-order valence-corrected chi connectivity index (χ4v) is 14.0. The number of benzene rings is 11. The first-order valence-electron chi connectivity index (χ1n) is 25.7. The molecule has 0 atom stereocenters. The van der Waals surface area contributed by atoms with E-state index in [0.717, 1.165) is 71.7 Å². The number of rotatable bonds is 5. The molecule has 15 aromatic rings. The molecule has 0 radical (unpaired) electrons. The monoisotopic (exact) mass is 985 g/mol. The Hall–Kier alpha value is -9.75. The molecule has 2 aliphatic rings. The van der Waals surface area contributed by atoms with Gasteiger partial charge in [0.1, 0.15) is 22.3 Å². The van der Waals surface area contributed by atoms with Crippen LogP contribution in [0.4, 0.5) is 0 Å². The summed E-state index contributed by atoms with van der Waals surface area (Å²) >= 11 is 1.80. The Morgan fingerprint density at radius 1 is 0.276 bits per heavy atom. The Kier molecular flexibility index (Phi) is 8.58. The number of fused-ring (bicyclic) bond motifs is 19. The van der Waals surface area contributed by atoms with Gasteiger partial charge in [0.25, 0.3) is 0 Å². The maximum absolute atomic E-state index is 6.64. The lowest BCUT2D eigenvalue weighted by Gasteiger charge is -2.30. The molecule has 11 aromatic carbocycles. The summed E-state index contributed by atoms with van der Waals surface area (Å²) in [7, 11) is 0. The van der Waals surface area contributed by atoms with Gasteiger partial charge in [-0.05, 0) is 127 Å². The third-order valence-corrected chi connectivity index (χ3v) is 17.4. The van der Waals surface area contributed by atoms with Crippen molar-refractivity contribution in [3.63, 3.8) is 0 Å². The van der Waals surface area contributed by atoms with Crippen LogP contribution in [-0.4, -0.2) is 15.0 Å². The zero-order valence-electron chi connectivity index (χ0n) is 40.6. The van der Waals surface area contributed by atoms with E-state index < -0.39 is 0 Å². The molecular weight excluding hydrogens is 947 g/mol. The molecule has 17 rings (SSSR count). The van der Waals surface area contributed by atoms with E-state index in [0.29, 0.717) is 17.5 Å². The van der Waals surface area contributed by atoms with Crippen molar-refractivity contribution in [2.45, 2.75) is 5.41 Å². The van der Waals surface area contributed by atoms with Crippen LogP contribution in [0.15, 0.2) is 245 Å². The van der Waals surface area contributed by atoms with Crippen molar-refractivity contribution in [2.24, 2.45) is 0 Å². The van der Waals surface area contributed by atoms with Gasteiger partial charge in [-0.3, -0.25) is 0 Å². The fraction of sp³-hybridized carbons (Fsp3) is 0.0143. The van der Waals surface area contributed by atoms with E-state index in [1.165, 1.54) is 75.8 Å². The average molecular weight is 986 g/mol. The summed E-state index contributed by atoms with van der Waals surface area (Å²) in [6, 6.07) is 85.1. The lowest BCUT2D eigenvalue weighted by atomic mass is 9.70. The molecule has 0 saturated heterocycles. The number of aromatic nitrogens is 3. The van der Waals surface area contributed by atoms with Gasteiger partial charge in [0, 0.05) is 58.4 Å². The molecule has 6 heteroatoms. The second kappa shape index (κ2) is 15.6. The second-order valence-corrected chi connectivity index (χ2v) is 21.2. The van der Waals surface area contributed by atoms with Crippen molar-refractivity contribution in [3.8, 4) is 78.7 Å². The Bertz CT molecular complexity index is 4920. The van der Waals surface area contributed by atoms with Crippen LogP contribution in [0.25, 0.3) is 143 Å². The van der Waals surface area contributed by atoms with E-state index in [1.54, 1.807) is 11.3 Å². The molecule has 4 aromatic heterocycles. The molecule has 0 saturated carbocycles. The van der Waals surface area contributed by atoms with Crippen LogP contribution < -0.4 is 0 Å². The van der Waals surface area contributed by atoms with Crippen molar-refractivity contribution >= 4 is 75.4 Å². The molecular formula is C70H39N3O2S. The van der Waals surface area contributed by atoms with E-state index in [1.807, 2.05) is 42.5 Å². The van der Waals surface area contributed by atoms with Crippen molar-refractivity contribution in [1.82, 2.24) is 15.0 Å². The second-order valence-electron chi connectivity index (χ2n) is 20.1. The average Bonchev–Trinajstić information content (AvgIpc) is 4.42. The quantitative estimate of drug-likeness (QED) is 0.172. The lowest BCUT2D eigenvalue weighted by Crippen LogP contribution is -2.25. The minimum atomic E-state index is -0.357. The molecule has 0 unspecified atom stereocenters. The summed E-state index contributed by atoms with van der Waals surface area (Å²) in [4.78, 5) is 16.0. The highest BCUT2D eigenvalue weighted by molar-refractivity contribution is 7.25. The van der Waals surface area contributed by atoms with Gasteiger partial charge in [-0.15, -0.1) is 11.3 Å². The third-order valence-electron chi connectivity index (χ3n) is 16.2. The summed E-state index contributed by atoms with van der Waals surface area (Å²) < 4.78 is 15.5. The van der Waals surface area contributed by atoms with Gasteiger partial charge in [0.2, 0.25) is 0 Å². The zero-order chi connectivity index (χ0) is 49.6. The highest BCUT2D eigenvalue weighted by atomic mass is 32.1. The third kappa shape index (κ3) is 5.81. The van der Waals surface area contributed by atoms with E-state index in [2.05, 4.69) is 194 Å². The van der Waals surface area contributed by atoms with Crippen LogP contribution in [0.3, 0.4) is 0 Å². The topological polar surface area (TPSA) is 65.0 Å². The summed E-state index contributed by atoms with van der Waals surface area (Å²) in [6.45, 7) is 0. The Morgan fingerprint density at radius 2 is 0.724 bits per heavy atom. The van der Waals surface area contributed by atoms with E-state index in [9.17, 15) is 0 Å². The number of thiophene rings is 1. The van der Waals surface area contributed by atoms with Crippen LogP contribution in [-0.2, 0) is 5.41 Å². The molecule has 76 heavy (non-hydrogen) atoms. The summed E-state index contributed by atoms with van der Waals surface area (Å²) in [5.74, 6) is 1.72. The number of hydrogen-bond donors (Lipinski definition) is 0. The van der Waals surface area contributed by atoms with Crippen molar-refractivity contribution in [1.29, 1.82) is 0 Å². The van der Waals surface area contributed by atoms with Gasteiger partial charge in [-0.25, -0.2) is 15.0 Å². The molecule has 352 valence electrons. The SMILES string of the molecule is c1ccc2c(c1)-c1ccccc1C21c2ccccc2-c2cc(-c3ccc(-c4ccc5oc6cccc(-c7nc(-c8ccc9sc%10ccccc%10c9c8)nc(-c8cccc9oc%10ccccc%10c89)n7)c6c5c4)cc3)ccc21. The van der Waals surface area contributed by atoms with Gasteiger partial charge in [0.05, 0.1) is 5.41 Å². The molecule has 0 amide bonds. The van der Waals surface area contributed by atoms with Crippen molar-refractivity contribution < 1.29 is 8.83 Å². The van der Waals surface area contributed by atoms with Crippen LogP contribution in [0, 0.1) is 0 Å². The maximum atomic E-state index is 6.64. The smallest absolute Gasteiger partial charge is 0.164 e. The largest absolute Gasteiger partial charge is 0.456 e. The normalized spacial score (nSPS) is 13.1. The summed E-state index contributed by atoms with van der Waals surface area (Å²) in [5, 5.41) is 6.33. The van der Waals surface area contributed by atoms with Crippen LogP contribution in [0.1, 0.15) is 22.3 Å². The summed E-state index contributed by atoms with van der Waals surface area (Å²) in [6.07, 6.45) is 0. The maximum Gasteiger partial charge on any atom is 0.164 e. The van der Waals surface area contributed by atoms with Gasteiger partial charge in [0.15, 0.2) is 17.5 Å². The number of para-hydroxylation sites is 1. The number of nitrogens with zero attached hydrogens (tertiary/aromatic N) is 3. The first-order chi connectivity index (χ1) is 37.6. The van der Waals surface area contributed by atoms with Crippen LogP contribution in [0.5, 0.6) is 0 Å². The number of furan rings is 2. The van der Waals surface area contributed by atoms with E-state index >= 15 is 0 Å². The minimum Gasteiger partial charge on any atom is -0.456 e. The lowest BCUT2D eigenvalue weighted by molar-refractivity contribution is 0.668. The predicted molar refractivity (Wildman–Crippen MR) is 311 cm³/mol. The molecule has 1 spiro atoms. The van der Waals surface area contributed by atoms with Gasteiger partial charge in [-0.2, -0.15) is 0 Å². The first kappa shape index (κ1) is 41.7. The zero-order valence-corrected chi connectivity index (χ0v) is 41.4. The van der Waals surface area contributed by atoms with E-state index in [-0.39, 0.29) is 5.41 Å². The standard InChI is InChI=1S/C70H39N3O2S/c1-6-20-55-45(13-1)46-14-2-7-21-56(46)70(55)57-22-8-3-15-47(57)52-37-42(31-34-58(52)70)40-27-29-41(30-28-40)43-32-35-60-54(38-43)66-51(19-12-25-62(66)75-60)69-72-67(44-33-36-64-53(39-44)48-16-5-10-26-63(48)76-64)71-68(73-69)50-18-11-24-61-65(50)49-17-4-9-23-59(49)74-61/h1-39H. The fourth-order valence-electron chi connectivity index (χ4n) is 12.9. The number of hydrogen-bond acceptors (Lipinski definition) is 6. The van der Waals surface area contributed by atoms with Crippen LogP contribution in [0.2, 0.25) is 0 Å². The Morgan fingerprint density at radius 3 is 1.41 bits per heavy atom. The Labute approximate surface area is 439 Å². The molecule has 4 heterocycles. The molecule has 2 aliphatic carbocycles. The van der Waals surface area contributed by atoms with Crippen molar-refractivity contribution in [3.05, 3.63) is 259 Å². The summed E-state index contributed by atoms with van der Waals surface area (Å²) in [5.41, 5.74) is 20.7. The molecule has 0 bridgehead atoms. The predicted octanol–water partition coefficient (Wildman–Crippen LogP) is 18.7. The Balaban J connectivity index is 0.786. The van der Waals surface area contributed by atoms with Gasteiger partial charge >= 0.3 is 0 Å². The molecule has 0 aliphatic heterocycles. The molecule has 0 N–H and O–H groups in total. The highest BCUT2D eigenvalue weighted by Crippen LogP contribution is 2.63. The molecule has 5 nitrogen and oxygen atoms in total. The van der Waals surface area contributed by atoms with Gasteiger partial charge in [-0.1, -0.05) is 176 Å². The van der Waals surface area contributed by atoms with Gasteiger partial charge < -0.3 is 8.83 Å². The van der Waals surface area contributed by atoms with E-state index in [4.69, 9.17) is 23.8 Å². The first-order valence-corrected chi connectivity index (χ1v) is 26.5. The highest BCUT2D eigenvalue weighted by Gasteiger charge is 2.51. The minimum absolute atomic E-state index is 0.357.